The first-order valence-electron chi connectivity index (χ1n) is 18.0. The van der Waals surface area contributed by atoms with Gasteiger partial charge >= 0.3 is 0 Å². The van der Waals surface area contributed by atoms with E-state index in [2.05, 4.69) is 35.4 Å². The highest BCUT2D eigenvalue weighted by Gasteiger charge is 2.57. The van der Waals surface area contributed by atoms with Crippen LogP contribution in [0.3, 0.4) is 0 Å². The number of azide groups is 3. The van der Waals surface area contributed by atoms with Crippen molar-refractivity contribution in [3.8, 4) is 0 Å². The molecule has 5 aromatic rings. The normalized spacial score (nSPS) is 17.3. The van der Waals surface area contributed by atoms with Gasteiger partial charge in [-0.3, -0.25) is 24.2 Å². The third kappa shape index (κ3) is 8.54. The van der Waals surface area contributed by atoms with Crippen molar-refractivity contribution in [3.63, 3.8) is 0 Å². The summed E-state index contributed by atoms with van der Waals surface area (Å²) in [7, 11) is 0. The number of rotatable bonds is 13. The first-order chi connectivity index (χ1) is 27.6. The standard InChI is InChI=1S/C42H38N12O3/c1-42(2,3)46-40(57)37(30-21-11-14-24-33(30)48-51-44)54-38(39(56)28-18-8-5-9-19-28)36(29-20-10-13-23-32(29)47-50-43)53(26-35(55)27-16-6-4-7-17-27)41(54)31-22-12-15-25-34(31)49-52-45/h4-25,36-38,41H,26H2,1-3H3,(H,46,57). The highest BCUT2D eigenvalue weighted by Crippen LogP contribution is 2.54. The van der Waals surface area contributed by atoms with Crippen LogP contribution in [0.15, 0.2) is 149 Å². The smallest absolute Gasteiger partial charge is 0.242 e. The van der Waals surface area contributed by atoms with Crippen LogP contribution in [0.5, 0.6) is 0 Å². The van der Waals surface area contributed by atoms with E-state index in [9.17, 15) is 21.4 Å². The van der Waals surface area contributed by atoms with Gasteiger partial charge in [0, 0.05) is 48.5 Å². The van der Waals surface area contributed by atoms with Gasteiger partial charge in [-0.25, -0.2) is 0 Å². The van der Waals surface area contributed by atoms with E-state index in [-0.39, 0.29) is 35.0 Å². The van der Waals surface area contributed by atoms with Crippen LogP contribution in [0.2, 0.25) is 0 Å². The molecule has 0 aliphatic carbocycles. The molecule has 57 heavy (non-hydrogen) atoms. The van der Waals surface area contributed by atoms with Crippen LogP contribution in [0.25, 0.3) is 31.3 Å². The van der Waals surface area contributed by atoms with Crippen molar-refractivity contribution < 1.29 is 14.4 Å². The predicted molar refractivity (Wildman–Crippen MR) is 216 cm³/mol. The van der Waals surface area contributed by atoms with Crippen LogP contribution >= 0.6 is 0 Å². The van der Waals surface area contributed by atoms with E-state index in [1.54, 1.807) is 143 Å². The van der Waals surface area contributed by atoms with E-state index in [1.807, 2.05) is 20.8 Å². The van der Waals surface area contributed by atoms with Crippen LogP contribution in [0, 0.1) is 0 Å². The molecule has 15 heteroatoms. The first kappa shape index (κ1) is 39.5. The molecule has 1 fully saturated rings. The van der Waals surface area contributed by atoms with E-state index in [4.69, 9.17) is 0 Å². The molecule has 1 amide bonds. The quantitative estimate of drug-likeness (QED) is 0.0535. The SMILES string of the molecule is CC(C)(C)NC(=O)C(c1ccccc1N=[N+]=[N-])N1C(C(=O)c2ccccc2)C(c2ccccc2N=[N+]=[N-])N(CC(=O)c2ccccc2)C1c1ccccc1N=[N+]=[N-]. The highest BCUT2D eigenvalue weighted by atomic mass is 16.2. The third-order valence-electron chi connectivity index (χ3n) is 9.53. The number of carbonyl (C=O) groups is 3. The average molecular weight is 759 g/mol. The molecule has 5 aromatic carbocycles. The second-order valence-corrected chi connectivity index (χ2v) is 14.3. The molecule has 0 saturated carbocycles. The van der Waals surface area contributed by atoms with Crippen LogP contribution in [0.1, 0.15) is 76.4 Å². The Kier molecular flexibility index (Phi) is 12.1. The monoisotopic (exact) mass is 758 g/mol. The minimum Gasteiger partial charge on any atom is -0.350 e. The molecule has 4 atom stereocenters. The van der Waals surface area contributed by atoms with Crippen LogP contribution in [0.4, 0.5) is 17.1 Å². The number of ketones is 2. The van der Waals surface area contributed by atoms with Crippen molar-refractivity contribution in [2.75, 3.05) is 6.54 Å². The lowest BCUT2D eigenvalue weighted by molar-refractivity contribution is -0.129. The Morgan fingerprint density at radius 2 is 1.12 bits per heavy atom. The maximum Gasteiger partial charge on any atom is 0.242 e. The number of benzene rings is 5. The number of carbonyl (C=O) groups excluding carboxylic acids is 3. The van der Waals surface area contributed by atoms with Gasteiger partial charge in [0.2, 0.25) is 5.91 Å². The Labute approximate surface area is 328 Å². The van der Waals surface area contributed by atoms with Crippen molar-refractivity contribution >= 4 is 34.5 Å². The molecular formula is C42H38N12O3. The predicted octanol–water partition coefficient (Wildman–Crippen LogP) is 10.7. The van der Waals surface area contributed by atoms with Crippen molar-refractivity contribution in [2.45, 2.75) is 50.6 Å². The van der Waals surface area contributed by atoms with Crippen LogP contribution < -0.4 is 5.32 Å². The maximum absolute atomic E-state index is 15.5. The summed E-state index contributed by atoms with van der Waals surface area (Å²) < 4.78 is 0. The Morgan fingerprint density at radius 3 is 1.70 bits per heavy atom. The van der Waals surface area contributed by atoms with E-state index in [1.165, 1.54) is 0 Å². The highest BCUT2D eigenvalue weighted by molar-refractivity contribution is 6.02. The zero-order valence-electron chi connectivity index (χ0n) is 31.4. The summed E-state index contributed by atoms with van der Waals surface area (Å²) in [6.07, 6.45) is -1.16. The summed E-state index contributed by atoms with van der Waals surface area (Å²) in [5, 5.41) is 15.1. The molecule has 1 saturated heterocycles. The van der Waals surface area contributed by atoms with E-state index in [0.717, 1.165) is 0 Å². The summed E-state index contributed by atoms with van der Waals surface area (Å²) in [5.74, 6) is -1.28. The Hall–Kier alpha value is -7.24. The zero-order chi connectivity index (χ0) is 40.5. The lowest BCUT2D eigenvalue weighted by Gasteiger charge is -2.39. The topological polar surface area (TPSA) is 216 Å². The van der Waals surface area contributed by atoms with Crippen LogP contribution in [-0.4, -0.2) is 45.4 Å². The van der Waals surface area contributed by atoms with E-state index < -0.39 is 41.5 Å². The second kappa shape index (κ2) is 17.5. The number of hydrogen-bond acceptors (Lipinski definition) is 8. The van der Waals surface area contributed by atoms with Gasteiger partial charge in [0.05, 0.1) is 24.8 Å². The van der Waals surface area contributed by atoms with Crippen molar-refractivity contribution in [1.29, 1.82) is 0 Å². The molecule has 284 valence electrons. The van der Waals surface area contributed by atoms with E-state index in [0.29, 0.717) is 22.3 Å². The average Bonchev–Trinajstić information content (AvgIpc) is 3.52. The molecule has 4 unspecified atom stereocenters. The molecule has 1 aliphatic heterocycles. The summed E-state index contributed by atoms with van der Waals surface area (Å²) in [5.41, 5.74) is 30.7. The summed E-state index contributed by atoms with van der Waals surface area (Å²) in [6.45, 7) is 5.14. The van der Waals surface area contributed by atoms with Gasteiger partial charge in [-0.15, -0.1) is 0 Å². The molecular weight excluding hydrogens is 721 g/mol. The van der Waals surface area contributed by atoms with Gasteiger partial charge in [-0.2, -0.15) is 0 Å². The van der Waals surface area contributed by atoms with Gasteiger partial charge < -0.3 is 5.32 Å². The van der Waals surface area contributed by atoms with Crippen molar-refractivity contribution in [2.24, 2.45) is 15.3 Å². The minimum absolute atomic E-state index is 0.131. The maximum atomic E-state index is 15.5. The molecule has 0 spiro atoms. The summed E-state index contributed by atoms with van der Waals surface area (Å²) in [4.78, 5) is 57.9. The van der Waals surface area contributed by atoms with Gasteiger partial charge in [0.1, 0.15) is 6.04 Å². The lowest BCUT2D eigenvalue weighted by Crippen LogP contribution is -2.51. The van der Waals surface area contributed by atoms with E-state index >= 15 is 9.59 Å². The van der Waals surface area contributed by atoms with Gasteiger partial charge in [-0.05, 0) is 54.1 Å². The second-order valence-electron chi connectivity index (χ2n) is 14.3. The van der Waals surface area contributed by atoms with Gasteiger partial charge in [0.15, 0.2) is 11.6 Å². The number of Topliss-reactive ketones (excluding diaryl/α,β-unsaturated/α-hetero) is 2. The number of nitrogens with one attached hydrogen (secondary N) is 1. The summed E-state index contributed by atoms with van der Waals surface area (Å²) >= 11 is 0. The van der Waals surface area contributed by atoms with Gasteiger partial charge in [0.25, 0.3) is 0 Å². The Balaban J connectivity index is 1.79. The fraction of sp³-hybridized carbons (Fsp3) is 0.214. The molecule has 0 bridgehead atoms. The molecule has 1 heterocycles. The zero-order valence-corrected chi connectivity index (χ0v) is 31.4. The number of hydrogen-bond donors (Lipinski definition) is 1. The Morgan fingerprint density at radius 1 is 0.649 bits per heavy atom. The first-order valence-corrected chi connectivity index (χ1v) is 18.0. The minimum atomic E-state index is -1.38. The fourth-order valence-electron chi connectivity index (χ4n) is 7.38. The van der Waals surface area contributed by atoms with Crippen LogP contribution in [-0.2, 0) is 4.79 Å². The fourth-order valence-corrected chi connectivity index (χ4v) is 7.38. The van der Waals surface area contributed by atoms with Gasteiger partial charge in [-0.1, -0.05) is 149 Å². The third-order valence-corrected chi connectivity index (χ3v) is 9.53. The number of amides is 1. The molecule has 1 N–H and O–H groups in total. The van der Waals surface area contributed by atoms with Crippen molar-refractivity contribution in [1.82, 2.24) is 15.1 Å². The largest absolute Gasteiger partial charge is 0.350 e. The molecule has 15 nitrogen and oxygen atoms in total. The molecule has 1 aliphatic rings. The molecule has 0 radical (unpaired) electrons. The lowest BCUT2D eigenvalue weighted by atomic mass is 9.89. The van der Waals surface area contributed by atoms with Crippen molar-refractivity contribution in [3.05, 3.63) is 193 Å². The molecule has 6 rings (SSSR count). The summed E-state index contributed by atoms with van der Waals surface area (Å²) in [6, 6.07) is 33.5. The Bertz CT molecular complexity index is 2430. The number of nitrogens with zero attached hydrogens (tertiary/aromatic N) is 11. The molecule has 0 aromatic heterocycles.